The van der Waals surface area contributed by atoms with E-state index in [0.717, 1.165) is 29.5 Å². The van der Waals surface area contributed by atoms with E-state index in [1.54, 1.807) is 6.08 Å². The quantitative estimate of drug-likeness (QED) is 0.594. The Bertz CT molecular complexity index is 566. The van der Waals surface area contributed by atoms with E-state index in [1.165, 1.54) is 0 Å². The second-order valence-electron chi connectivity index (χ2n) is 8.44. The Morgan fingerprint density at radius 3 is 2.00 bits per heavy atom. The molecule has 0 aliphatic heterocycles. The van der Waals surface area contributed by atoms with Gasteiger partial charge in [-0.3, -0.25) is 4.79 Å². The van der Waals surface area contributed by atoms with Crippen molar-refractivity contribution in [2.24, 2.45) is 0 Å². The molecule has 1 aromatic carbocycles. The summed E-state index contributed by atoms with van der Waals surface area (Å²) in [5.74, 6) is 0.283. The van der Waals surface area contributed by atoms with Crippen LogP contribution < -0.4 is 5.32 Å². The van der Waals surface area contributed by atoms with E-state index in [1.807, 2.05) is 18.2 Å². The standard InChI is InChI=1S/C21H33NO2/c1-8-9-12-22-18(23)11-10-15-13-16(20(2,3)4)19(24)17(14-15)21(5,6)7/h10-11,13-14,24H,8-9,12H2,1-7H3,(H,22,23)/b11-10+. The molecule has 0 spiro atoms. The van der Waals surface area contributed by atoms with Crippen LogP contribution in [-0.2, 0) is 15.6 Å². The predicted molar refractivity (Wildman–Crippen MR) is 102 cm³/mol. The number of rotatable bonds is 5. The highest BCUT2D eigenvalue weighted by Crippen LogP contribution is 2.39. The van der Waals surface area contributed by atoms with Crippen molar-refractivity contribution in [2.45, 2.75) is 72.1 Å². The van der Waals surface area contributed by atoms with Crippen molar-refractivity contribution in [3.05, 3.63) is 34.9 Å². The lowest BCUT2D eigenvalue weighted by Crippen LogP contribution is -2.21. The Morgan fingerprint density at radius 2 is 1.58 bits per heavy atom. The van der Waals surface area contributed by atoms with Crippen molar-refractivity contribution in [3.63, 3.8) is 0 Å². The Balaban J connectivity index is 3.18. The molecule has 0 atom stereocenters. The summed E-state index contributed by atoms with van der Waals surface area (Å²) in [5.41, 5.74) is 2.41. The van der Waals surface area contributed by atoms with Gasteiger partial charge in [-0.2, -0.15) is 0 Å². The first-order valence-electron chi connectivity index (χ1n) is 8.80. The fraction of sp³-hybridized carbons (Fsp3) is 0.571. The van der Waals surface area contributed by atoms with E-state index in [-0.39, 0.29) is 16.7 Å². The van der Waals surface area contributed by atoms with E-state index in [2.05, 4.69) is 53.8 Å². The van der Waals surface area contributed by atoms with Gasteiger partial charge in [0.05, 0.1) is 0 Å². The summed E-state index contributed by atoms with van der Waals surface area (Å²) >= 11 is 0. The van der Waals surface area contributed by atoms with E-state index < -0.39 is 0 Å². The fourth-order valence-corrected chi connectivity index (χ4v) is 2.52. The molecule has 3 heteroatoms. The summed E-state index contributed by atoms with van der Waals surface area (Å²) in [6.45, 7) is 15.3. The average Bonchev–Trinajstić information content (AvgIpc) is 2.44. The Kier molecular flexibility index (Phi) is 6.65. The molecule has 1 amide bonds. The molecule has 0 aliphatic carbocycles. The highest BCUT2D eigenvalue weighted by atomic mass is 16.3. The van der Waals surface area contributed by atoms with Gasteiger partial charge in [-0.05, 0) is 41.0 Å². The minimum atomic E-state index is -0.169. The molecule has 0 radical (unpaired) electrons. The topological polar surface area (TPSA) is 49.3 Å². The Morgan fingerprint density at radius 1 is 1.08 bits per heavy atom. The van der Waals surface area contributed by atoms with Crippen LogP contribution >= 0.6 is 0 Å². The van der Waals surface area contributed by atoms with Crippen LogP contribution in [0.15, 0.2) is 18.2 Å². The molecule has 24 heavy (non-hydrogen) atoms. The summed E-state index contributed by atoms with van der Waals surface area (Å²) in [6.07, 6.45) is 5.44. The van der Waals surface area contributed by atoms with Crippen molar-refractivity contribution >= 4 is 12.0 Å². The zero-order chi connectivity index (χ0) is 18.5. The third-order valence-electron chi connectivity index (χ3n) is 4.00. The monoisotopic (exact) mass is 331 g/mol. The van der Waals surface area contributed by atoms with Gasteiger partial charge in [-0.25, -0.2) is 0 Å². The van der Waals surface area contributed by atoms with Crippen LogP contribution in [0.2, 0.25) is 0 Å². The molecule has 2 N–H and O–H groups in total. The first-order chi connectivity index (χ1) is 11.0. The maximum Gasteiger partial charge on any atom is 0.243 e. The molecule has 0 unspecified atom stereocenters. The normalized spacial score (nSPS) is 12.6. The fourth-order valence-electron chi connectivity index (χ4n) is 2.52. The number of nitrogens with one attached hydrogen (secondary N) is 1. The Hall–Kier alpha value is -1.77. The molecule has 3 nitrogen and oxygen atoms in total. The number of carbonyl (C=O) groups is 1. The van der Waals surface area contributed by atoms with Gasteiger partial charge < -0.3 is 10.4 Å². The van der Waals surface area contributed by atoms with Crippen LogP contribution in [0.3, 0.4) is 0 Å². The van der Waals surface area contributed by atoms with Crippen molar-refractivity contribution in [3.8, 4) is 5.75 Å². The number of carbonyl (C=O) groups excluding carboxylic acids is 1. The highest BCUT2D eigenvalue weighted by Gasteiger charge is 2.26. The van der Waals surface area contributed by atoms with Gasteiger partial charge >= 0.3 is 0 Å². The largest absolute Gasteiger partial charge is 0.507 e. The minimum absolute atomic E-state index is 0.0776. The Labute approximate surface area is 147 Å². The van der Waals surface area contributed by atoms with Crippen LogP contribution in [0, 0.1) is 0 Å². The van der Waals surface area contributed by atoms with Crippen LogP contribution in [0.5, 0.6) is 5.75 Å². The van der Waals surface area contributed by atoms with Gasteiger partial charge in [0.2, 0.25) is 5.91 Å². The zero-order valence-electron chi connectivity index (χ0n) is 16.3. The molecular formula is C21H33NO2. The summed E-state index contributed by atoms with van der Waals surface area (Å²) in [6, 6.07) is 3.95. The molecule has 134 valence electrons. The van der Waals surface area contributed by atoms with Crippen LogP contribution in [0.1, 0.15) is 78.0 Å². The number of phenols is 1. The molecule has 1 aromatic rings. The number of unbranched alkanes of at least 4 members (excludes halogenated alkanes) is 1. The molecule has 0 aliphatic rings. The van der Waals surface area contributed by atoms with Crippen LogP contribution in [-0.4, -0.2) is 17.6 Å². The van der Waals surface area contributed by atoms with Gasteiger partial charge in [0, 0.05) is 23.7 Å². The minimum Gasteiger partial charge on any atom is -0.507 e. The number of benzene rings is 1. The summed E-state index contributed by atoms with van der Waals surface area (Å²) in [5, 5.41) is 13.6. The second-order valence-corrected chi connectivity index (χ2v) is 8.44. The van der Waals surface area contributed by atoms with Crippen molar-refractivity contribution in [1.29, 1.82) is 0 Å². The number of phenolic OH excluding ortho intramolecular Hbond substituents is 1. The van der Waals surface area contributed by atoms with Gasteiger partial charge in [0.25, 0.3) is 0 Å². The number of amides is 1. The molecule has 0 saturated heterocycles. The van der Waals surface area contributed by atoms with E-state index >= 15 is 0 Å². The first kappa shape index (κ1) is 20.3. The molecule has 0 fully saturated rings. The first-order valence-corrected chi connectivity index (χ1v) is 8.80. The number of aromatic hydroxyl groups is 1. The molecule has 0 heterocycles. The maximum atomic E-state index is 11.9. The second kappa shape index (κ2) is 7.87. The average molecular weight is 332 g/mol. The van der Waals surface area contributed by atoms with Crippen molar-refractivity contribution in [1.82, 2.24) is 5.32 Å². The lowest BCUT2D eigenvalue weighted by molar-refractivity contribution is -0.116. The van der Waals surface area contributed by atoms with E-state index in [0.29, 0.717) is 12.3 Å². The highest BCUT2D eigenvalue weighted by molar-refractivity contribution is 5.91. The molecule has 1 rings (SSSR count). The number of hydrogen-bond donors (Lipinski definition) is 2. The third kappa shape index (κ3) is 5.70. The zero-order valence-corrected chi connectivity index (χ0v) is 16.3. The smallest absolute Gasteiger partial charge is 0.243 e. The maximum absolute atomic E-state index is 11.9. The summed E-state index contributed by atoms with van der Waals surface area (Å²) in [7, 11) is 0. The van der Waals surface area contributed by atoms with Gasteiger partial charge in [0.15, 0.2) is 0 Å². The van der Waals surface area contributed by atoms with Crippen LogP contribution in [0.4, 0.5) is 0 Å². The van der Waals surface area contributed by atoms with Gasteiger partial charge in [-0.15, -0.1) is 0 Å². The van der Waals surface area contributed by atoms with Crippen molar-refractivity contribution in [2.75, 3.05) is 6.54 Å². The lowest BCUT2D eigenvalue weighted by Gasteiger charge is -2.27. The summed E-state index contributed by atoms with van der Waals surface area (Å²) < 4.78 is 0. The SMILES string of the molecule is CCCCNC(=O)/C=C/c1cc(C(C)(C)C)c(O)c(C(C)(C)C)c1. The van der Waals surface area contributed by atoms with Crippen molar-refractivity contribution < 1.29 is 9.90 Å². The predicted octanol–water partition coefficient (Wildman–Crippen LogP) is 4.92. The molecule has 0 aromatic heterocycles. The summed E-state index contributed by atoms with van der Waals surface area (Å²) in [4.78, 5) is 11.9. The van der Waals surface area contributed by atoms with Crippen LogP contribution in [0.25, 0.3) is 6.08 Å². The third-order valence-corrected chi connectivity index (χ3v) is 4.00. The molecule has 0 bridgehead atoms. The number of hydrogen-bond acceptors (Lipinski definition) is 2. The lowest BCUT2D eigenvalue weighted by atomic mass is 9.78. The molecular weight excluding hydrogens is 298 g/mol. The van der Waals surface area contributed by atoms with E-state index in [4.69, 9.17) is 0 Å². The van der Waals surface area contributed by atoms with Gasteiger partial charge in [0.1, 0.15) is 5.75 Å². The molecule has 0 saturated carbocycles. The van der Waals surface area contributed by atoms with Gasteiger partial charge in [-0.1, -0.05) is 54.9 Å². The van der Waals surface area contributed by atoms with E-state index in [9.17, 15) is 9.90 Å².